The van der Waals surface area contributed by atoms with E-state index in [1.165, 1.54) is 10.9 Å². The van der Waals surface area contributed by atoms with Crippen LogP contribution in [0.4, 0.5) is 11.4 Å². The van der Waals surface area contributed by atoms with Crippen molar-refractivity contribution in [1.29, 1.82) is 0 Å². The van der Waals surface area contributed by atoms with E-state index in [4.69, 9.17) is 11.6 Å². The highest BCUT2D eigenvalue weighted by Gasteiger charge is 2.09. The zero-order valence-corrected chi connectivity index (χ0v) is 14.1. The first-order valence-corrected chi connectivity index (χ1v) is 8.02. The lowest BCUT2D eigenvalue weighted by Gasteiger charge is -2.09. The third kappa shape index (κ3) is 2.77. The Morgan fingerprint density at radius 1 is 1.16 bits per heavy atom. The molecular weight excluding hydrogens is 338 g/mol. The van der Waals surface area contributed by atoms with Crippen molar-refractivity contribution in [2.75, 3.05) is 5.32 Å². The minimum atomic E-state index is -0.339. The molecule has 0 aliphatic heterocycles. The number of aryl methyl sites for hydroxylation is 1. The third-order valence-electron chi connectivity index (χ3n) is 3.94. The van der Waals surface area contributed by atoms with E-state index >= 15 is 0 Å². The van der Waals surface area contributed by atoms with Gasteiger partial charge in [0.05, 0.1) is 17.4 Å². The van der Waals surface area contributed by atoms with Crippen LogP contribution >= 0.6 is 11.6 Å². The predicted octanol–water partition coefficient (Wildman–Crippen LogP) is 3.52. The quantitative estimate of drug-likeness (QED) is 0.613. The average Bonchev–Trinajstić information content (AvgIpc) is 3.06. The second kappa shape index (κ2) is 6.07. The molecule has 0 saturated carbocycles. The summed E-state index contributed by atoms with van der Waals surface area (Å²) in [6, 6.07) is 13.7. The highest BCUT2D eigenvalue weighted by molar-refractivity contribution is 6.33. The molecule has 0 amide bonds. The summed E-state index contributed by atoms with van der Waals surface area (Å²) in [5.41, 5.74) is 2.00. The molecule has 0 spiro atoms. The van der Waals surface area contributed by atoms with E-state index in [1.807, 2.05) is 53.2 Å². The number of pyridine rings is 1. The number of fused-ring (bicyclic) bond motifs is 1. The fourth-order valence-electron chi connectivity index (χ4n) is 2.67. The topological polar surface area (TPSA) is 64.7 Å². The van der Waals surface area contributed by atoms with E-state index in [2.05, 4.69) is 15.4 Å². The monoisotopic (exact) mass is 351 g/mol. The molecule has 3 heterocycles. The Labute approximate surface area is 148 Å². The Balaban J connectivity index is 1.71. The third-order valence-corrected chi connectivity index (χ3v) is 4.31. The van der Waals surface area contributed by atoms with Gasteiger partial charge in [-0.1, -0.05) is 17.7 Å². The van der Waals surface area contributed by atoms with Crippen LogP contribution in [-0.2, 0) is 7.05 Å². The van der Waals surface area contributed by atoms with Gasteiger partial charge in [-0.25, -0.2) is 9.67 Å². The largest absolute Gasteiger partial charge is 0.353 e. The van der Waals surface area contributed by atoms with Crippen LogP contribution in [0.25, 0.3) is 16.7 Å². The Bertz CT molecular complexity index is 1120. The summed E-state index contributed by atoms with van der Waals surface area (Å²) in [4.78, 5) is 16.2. The highest BCUT2D eigenvalue weighted by Crippen LogP contribution is 2.26. The van der Waals surface area contributed by atoms with Crippen LogP contribution in [0.5, 0.6) is 0 Å². The molecule has 1 N–H and O–H groups in total. The van der Waals surface area contributed by atoms with Crippen molar-refractivity contribution in [3.8, 4) is 5.82 Å². The molecule has 25 heavy (non-hydrogen) atoms. The number of hydrogen-bond acceptors (Lipinski definition) is 4. The highest BCUT2D eigenvalue weighted by atomic mass is 35.5. The van der Waals surface area contributed by atoms with Crippen molar-refractivity contribution in [3.63, 3.8) is 0 Å². The number of anilines is 2. The number of nitrogens with one attached hydrogen (secondary N) is 1. The van der Waals surface area contributed by atoms with Gasteiger partial charge < -0.3 is 9.88 Å². The molecule has 4 aromatic rings. The molecular formula is C18H14ClN5O. The maximum atomic E-state index is 11.9. The molecule has 0 radical (unpaired) electrons. The molecule has 7 heteroatoms. The molecule has 124 valence electrons. The van der Waals surface area contributed by atoms with Crippen molar-refractivity contribution < 1.29 is 0 Å². The maximum absolute atomic E-state index is 11.9. The van der Waals surface area contributed by atoms with E-state index in [0.717, 1.165) is 22.4 Å². The van der Waals surface area contributed by atoms with Gasteiger partial charge in [-0.15, -0.1) is 0 Å². The molecule has 0 atom stereocenters. The van der Waals surface area contributed by atoms with Gasteiger partial charge in [-0.3, -0.25) is 4.79 Å². The average molecular weight is 352 g/mol. The summed E-state index contributed by atoms with van der Waals surface area (Å²) in [6.45, 7) is 0. The molecule has 3 aromatic heterocycles. The van der Waals surface area contributed by atoms with Gasteiger partial charge in [0.25, 0.3) is 5.56 Å². The van der Waals surface area contributed by atoms with E-state index in [1.54, 1.807) is 13.2 Å². The van der Waals surface area contributed by atoms with Crippen molar-refractivity contribution >= 4 is 33.9 Å². The lowest BCUT2D eigenvalue weighted by molar-refractivity contribution is 0.709. The number of rotatable bonds is 3. The minimum absolute atomic E-state index is 0.114. The molecule has 0 aliphatic carbocycles. The molecule has 0 saturated heterocycles. The molecule has 0 unspecified atom stereocenters. The summed E-state index contributed by atoms with van der Waals surface area (Å²) in [5, 5.41) is 8.29. The van der Waals surface area contributed by atoms with Crippen LogP contribution in [0.1, 0.15) is 0 Å². The van der Waals surface area contributed by atoms with Crippen molar-refractivity contribution in [2.45, 2.75) is 0 Å². The molecule has 0 fully saturated rings. The van der Waals surface area contributed by atoms with Crippen LogP contribution < -0.4 is 10.9 Å². The zero-order valence-electron chi connectivity index (χ0n) is 13.3. The fraction of sp³-hybridized carbons (Fsp3) is 0.0556. The maximum Gasteiger partial charge on any atom is 0.287 e. The SMILES string of the molecule is Cn1ncc(Nc2ccc3c(ccn3-c3ccccn3)c2)c(Cl)c1=O. The van der Waals surface area contributed by atoms with Gasteiger partial charge in [0.2, 0.25) is 0 Å². The Morgan fingerprint density at radius 2 is 2.04 bits per heavy atom. The molecule has 6 nitrogen and oxygen atoms in total. The standard InChI is InChI=1S/C18H14ClN5O/c1-23-18(25)17(19)14(11-21-23)22-13-5-6-15-12(10-13)7-9-24(15)16-4-2-3-8-20-16/h2-11,22H,1H3. The summed E-state index contributed by atoms with van der Waals surface area (Å²) in [5.74, 6) is 0.858. The van der Waals surface area contributed by atoms with E-state index in [9.17, 15) is 4.79 Å². The summed E-state index contributed by atoms with van der Waals surface area (Å²) < 4.78 is 3.22. The van der Waals surface area contributed by atoms with Crippen LogP contribution in [-0.4, -0.2) is 19.3 Å². The number of hydrogen-bond donors (Lipinski definition) is 1. The number of benzene rings is 1. The van der Waals surface area contributed by atoms with Gasteiger partial charge in [0.1, 0.15) is 10.8 Å². The Kier molecular flexibility index (Phi) is 3.74. The minimum Gasteiger partial charge on any atom is -0.353 e. The Hall–Kier alpha value is -3.12. The van der Waals surface area contributed by atoms with Gasteiger partial charge in [-0.2, -0.15) is 5.10 Å². The lowest BCUT2D eigenvalue weighted by Crippen LogP contribution is -2.20. The summed E-state index contributed by atoms with van der Waals surface area (Å²) in [7, 11) is 1.56. The van der Waals surface area contributed by atoms with Gasteiger partial charge >= 0.3 is 0 Å². The van der Waals surface area contributed by atoms with Crippen LogP contribution in [0.15, 0.2) is 65.8 Å². The van der Waals surface area contributed by atoms with Crippen LogP contribution in [0.2, 0.25) is 5.02 Å². The molecule has 4 rings (SSSR count). The zero-order chi connectivity index (χ0) is 17.4. The number of nitrogens with zero attached hydrogens (tertiary/aromatic N) is 4. The second-order valence-corrected chi connectivity index (χ2v) is 5.95. The van der Waals surface area contributed by atoms with Crippen molar-refractivity contribution in [1.82, 2.24) is 19.3 Å². The number of aromatic nitrogens is 4. The predicted molar refractivity (Wildman–Crippen MR) is 98.8 cm³/mol. The van der Waals surface area contributed by atoms with Gasteiger partial charge in [-0.05, 0) is 36.4 Å². The van der Waals surface area contributed by atoms with Crippen molar-refractivity contribution in [3.05, 3.63) is 76.4 Å². The lowest BCUT2D eigenvalue weighted by atomic mass is 10.2. The molecule has 0 bridgehead atoms. The first-order chi connectivity index (χ1) is 12.1. The van der Waals surface area contributed by atoms with Gasteiger partial charge in [0.15, 0.2) is 0 Å². The Morgan fingerprint density at radius 3 is 2.84 bits per heavy atom. The van der Waals surface area contributed by atoms with Gasteiger partial charge in [0, 0.05) is 30.5 Å². The van der Waals surface area contributed by atoms with E-state index in [-0.39, 0.29) is 10.6 Å². The molecule has 0 aliphatic rings. The number of halogens is 1. The fourth-order valence-corrected chi connectivity index (χ4v) is 2.89. The van der Waals surface area contributed by atoms with Crippen LogP contribution in [0.3, 0.4) is 0 Å². The first kappa shape index (κ1) is 15.4. The van der Waals surface area contributed by atoms with Crippen LogP contribution in [0, 0.1) is 0 Å². The van der Waals surface area contributed by atoms with E-state index < -0.39 is 0 Å². The van der Waals surface area contributed by atoms with Crippen molar-refractivity contribution in [2.24, 2.45) is 7.05 Å². The summed E-state index contributed by atoms with van der Waals surface area (Å²) >= 11 is 6.10. The molecule has 1 aromatic carbocycles. The normalized spacial score (nSPS) is 11.0. The smallest absolute Gasteiger partial charge is 0.287 e. The van der Waals surface area contributed by atoms with E-state index in [0.29, 0.717) is 5.69 Å². The first-order valence-electron chi connectivity index (χ1n) is 7.65. The summed E-state index contributed by atoms with van der Waals surface area (Å²) in [6.07, 6.45) is 5.28. The second-order valence-electron chi connectivity index (χ2n) is 5.57.